The standard InChI is InChI=1S/C9H19N3/c1-9(10(2)3)12-7-5-11(4)6-8-12/h1,5-8H2,2-4H3. The van der Waals surface area contributed by atoms with Crippen molar-refractivity contribution in [2.45, 2.75) is 0 Å². The molecule has 0 bridgehead atoms. The molecule has 0 atom stereocenters. The SMILES string of the molecule is C=C(N(C)C)N1CCN(C)CC1. The summed E-state index contributed by atoms with van der Waals surface area (Å²) in [5, 5.41) is 0. The van der Waals surface area contributed by atoms with E-state index in [2.05, 4.69) is 28.3 Å². The molecule has 0 spiro atoms. The quantitative estimate of drug-likeness (QED) is 0.587. The van der Waals surface area contributed by atoms with Gasteiger partial charge in [-0.05, 0) is 7.05 Å². The predicted molar refractivity (Wildman–Crippen MR) is 51.9 cm³/mol. The Morgan fingerprint density at radius 3 is 2.08 bits per heavy atom. The summed E-state index contributed by atoms with van der Waals surface area (Å²) < 4.78 is 0. The molecular weight excluding hydrogens is 150 g/mol. The summed E-state index contributed by atoms with van der Waals surface area (Å²) in [6, 6.07) is 0. The second-order valence-corrected chi connectivity index (χ2v) is 3.60. The first-order valence-electron chi connectivity index (χ1n) is 4.41. The maximum Gasteiger partial charge on any atom is 0.0960 e. The maximum absolute atomic E-state index is 4.04. The molecule has 1 heterocycles. The van der Waals surface area contributed by atoms with Crippen LogP contribution in [0.4, 0.5) is 0 Å². The first-order chi connectivity index (χ1) is 5.61. The minimum Gasteiger partial charge on any atom is -0.365 e. The van der Waals surface area contributed by atoms with E-state index in [0.717, 1.165) is 32.0 Å². The van der Waals surface area contributed by atoms with Gasteiger partial charge in [-0.3, -0.25) is 0 Å². The van der Waals surface area contributed by atoms with Crippen LogP contribution >= 0.6 is 0 Å². The molecule has 0 saturated carbocycles. The molecule has 1 saturated heterocycles. The maximum atomic E-state index is 4.04. The number of nitrogens with zero attached hydrogens (tertiary/aromatic N) is 3. The molecule has 0 aromatic rings. The van der Waals surface area contributed by atoms with Crippen molar-refractivity contribution < 1.29 is 0 Å². The smallest absolute Gasteiger partial charge is 0.0960 e. The van der Waals surface area contributed by atoms with Crippen molar-refractivity contribution in [3.63, 3.8) is 0 Å². The van der Waals surface area contributed by atoms with Gasteiger partial charge < -0.3 is 14.7 Å². The van der Waals surface area contributed by atoms with Crippen LogP contribution in [0.3, 0.4) is 0 Å². The highest BCUT2D eigenvalue weighted by Gasteiger charge is 2.15. The van der Waals surface area contributed by atoms with Gasteiger partial charge in [0, 0.05) is 40.3 Å². The van der Waals surface area contributed by atoms with Gasteiger partial charge in [0.2, 0.25) is 0 Å². The molecule has 0 unspecified atom stereocenters. The van der Waals surface area contributed by atoms with E-state index >= 15 is 0 Å². The lowest BCUT2D eigenvalue weighted by molar-refractivity contribution is 0.157. The Morgan fingerprint density at radius 2 is 1.67 bits per heavy atom. The van der Waals surface area contributed by atoms with Crippen LogP contribution in [0.1, 0.15) is 0 Å². The largest absolute Gasteiger partial charge is 0.365 e. The first kappa shape index (κ1) is 9.39. The van der Waals surface area contributed by atoms with E-state index in [1.165, 1.54) is 0 Å². The molecule has 1 rings (SSSR count). The van der Waals surface area contributed by atoms with Crippen LogP contribution in [0.2, 0.25) is 0 Å². The predicted octanol–water partition coefficient (Wildman–Crippen LogP) is 0.267. The van der Waals surface area contributed by atoms with Crippen LogP contribution in [0.25, 0.3) is 0 Å². The van der Waals surface area contributed by atoms with Crippen LogP contribution < -0.4 is 0 Å². The third-order valence-electron chi connectivity index (χ3n) is 2.38. The van der Waals surface area contributed by atoms with Crippen molar-refractivity contribution in [1.82, 2.24) is 14.7 Å². The molecule has 1 aliphatic rings. The summed E-state index contributed by atoms with van der Waals surface area (Å²) >= 11 is 0. The van der Waals surface area contributed by atoms with Crippen molar-refractivity contribution in [3.05, 3.63) is 12.4 Å². The average molecular weight is 169 g/mol. The molecular formula is C9H19N3. The molecule has 0 amide bonds. The summed E-state index contributed by atoms with van der Waals surface area (Å²) in [6.45, 7) is 8.54. The monoisotopic (exact) mass is 169 g/mol. The van der Waals surface area contributed by atoms with Gasteiger partial charge in [0.25, 0.3) is 0 Å². The van der Waals surface area contributed by atoms with Gasteiger partial charge >= 0.3 is 0 Å². The molecule has 0 aromatic heterocycles. The highest BCUT2D eigenvalue weighted by Crippen LogP contribution is 2.07. The Balaban J connectivity index is 2.39. The fourth-order valence-electron chi connectivity index (χ4n) is 1.35. The Bertz CT molecular complexity index is 157. The zero-order chi connectivity index (χ0) is 9.14. The molecule has 0 radical (unpaired) electrons. The molecule has 0 N–H and O–H groups in total. The second-order valence-electron chi connectivity index (χ2n) is 3.60. The van der Waals surface area contributed by atoms with E-state index in [0.29, 0.717) is 0 Å². The molecule has 1 fully saturated rings. The molecule has 0 aliphatic carbocycles. The van der Waals surface area contributed by atoms with Gasteiger partial charge in [0.1, 0.15) is 0 Å². The summed E-state index contributed by atoms with van der Waals surface area (Å²) in [6.07, 6.45) is 0. The number of piperazine rings is 1. The van der Waals surface area contributed by atoms with Crippen molar-refractivity contribution in [3.8, 4) is 0 Å². The van der Waals surface area contributed by atoms with E-state index in [9.17, 15) is 0 Å². The van der Waals surface area contributed by atoms with Crippen LogP contribution in [-0.2, 0) is 0 Å². The van der Waals surface area contributed by atoms with E-state index in [1.54, 1.807) is 0 Å². The fourth-order valence-corrected chi connectivity index (χ4v) is 1.35. The second kappa shape index (κ2) is 3.81. The highest BCUT2D eigenvalue weighted by molar-refractivity contribution is 4.93. The Kier molecular flexibility index (Phi) is 2.98. The van der Waals surface area contributed by atoms with Gasteiger partial charge in [-0.1, -0.05) is 6.58 Å². The minimum absolute atomic E-state index is 1.10. The van der Waals surface area contributed by atoms with E-state index in [1.807, 2.05) is 14.1 Å². The number of rotatable bonds is 2. The van der Waals surface area contributed by atoms with Gasteiger partial charge in [-0.15, -0.1) is 0 Å². The van der Waals surface area contributed by atoms with Crippen molar-refractivity contribution in [2.24, 2.45) is 0 Å². The van der Waals surface area contributed by atoms with Gasteiger partial charge in [-0.25, -0.2) is 0 Å². The van der Waals surface area contributed by atoms with E-state index in [-0.39, 0.29) is 0 Å². The van der Waals surface area contributed by atoms with Gasteiger partial charge in [0.05, 0.1) is 5.82 Å². The minimum atomic E-state index is 1.10. The Morgan fingerprint density at radius 1 is 1.17 bits per heavy atom. The first-order valence-corrected chi connectivity index (χ1v) is 4.41. The lowest BCUT2D eigenvalue weighted by atomic mass is 10.3. The zero-order valence-electron chi connectivity index (χ0n) is 8.38. The highest BCUT2D eigenvalue weighted by atomic mass is 15.3. The van der Waals surface area contributed by atoms with Crippen molar-refractivity contribution in [2.75, 3.05) is 47.3 Å². The van der Waals surface area contributed by atoms with E-state index < -0.39 is 0 Å². The molecule has 3 nitrogen and oxygen atoms in total. The lowest BCUT2D eigenvalue weighted by Gasteiger charge is -2.37. The third kappa shape index (κ3) is 2.14. The zero-order valence-corrected chi connectivity index (χ0v) is 8.38. The molecule has 0 aromatic carbocycles. The third-order valence-corrected chi connectivity index (χ3v) is 2.38. The summed E-state index contributed by atoms with van der Waals surface area (Å²) in [4.78, 5) is 6.75. The summed E-state index contributed by atoms with van der Waals surface area (Å²) in [7, 11) is 6.25. The van der Waals surface area contributed by atoms with Gasteiger partial charge in [-0.2, -0.15) is 0 Å². The van der Waals surface area contributed by atoms with Crippen LogP contribution in [0.15, 0.2) is 12.4 Å². The van der Waals surface area contributed by atoms with Crippen molar-refractivity contribution in [1.29, 1.82) is 0 Å². The lowest BCUT2D eigenvalue weighted by Crippen LogP contribution is -2.45. The van der Waals surface area contributed by atoms with Crippen LogP contribution in [-0.4, -0.2) is 62.0 Å². The fraction of sp³-hybridized carbons (Fsp3) is 0.778. The molecule has 1 aliphatic heterocycles. The number of hydrogen-bond acceptors (Lipinski definition) is 3. The van der Waals surface area contributed by atoms with Gasteiger partial charge in [0.15, 0.2) is 0 Å². The number of hydrogen-bond donors (Lipinski definition) is 0. The Hall–Kier alpha value is -0.700. The molecule has 12 heavy (non-hydrogen) atoms. The summed E-state index contributed by atoms with van der Waals surface area (Å²) in [5.41, 5.74) is 0. The number of likely N-dealkylation sites (N-methyl/N-ethyl adjacent to an activating group) is 1. The normalized spacial score (nSPS) is 19.4. The molecule has 70 valence electrons. The van der Waals surface area contributed by atoms with E-state index in [4.69, 9.17) is 0 Å². The summed E-state index contributed by atoms with van der Waals surface area (Å²) in [5.74, 6) is 1.13. The molecule has 3 heteroatoms. The Labute approximate surface area is 75.2 Å². The average Bonchev–Trinajstić information content (AvgIpc) is 2.04. The topological polar surface area (TPSA) is 9.72 Å². The van der Waals surface area contributed by atoms with Crippen LogP contribution in [0, 0.1) is 0 Å². The van der Waals surface area contributed by atoms with Crippen molar-refractivity contribution >= 4 is 0 Å². The van der Waals surface area contributed by atoms with Crippen LogP contribution in [0.5, 0.6) is 0 Å².